The first-order valence-electron chi connectivity index (χ1n) is 9.34. The first-order chi connectivity index (χ1) is 12.3. The monoisotopic (exact) mass is 340 g/mol. The van der Waals surface area contributed by atoms with Gasteiger partial charge >= 0.3 is 0 Å². The molecule has 25 heavy (non-hydrogen) atoms. The van der Waals surface area contributed by atoms with Gasteiger partial charge in [-0.15, -0.1) is 0 Å². The van der Waals surface area contributed by atoms with E-state index in [1.165, 1.54) is 17.5 Å². The molecule has 0 atom stereocenters. The van der Waals surface area contributed by atoms with E-state index in [1.54, 1.807) is 12.3 Å². The SMILES string of the molecule is O=c1cc(C2CCN(CCCCOCc3ccccc3)CC2)cc[nH]1. The van der Waals surface area contributed by atoms with Gasteiger partial charge in [-0.1, -0.05) is 30.3 Å². The van der Waals surface area contributed by atoms with Gasteiger partial charge in [-0.25, -0.2) is 0 Å². The molecule has 134 valence electrons. The molecule has 0 saturated carbocycles. The highest BCUT2D eigenvalue weighted by Gasteiger charge is 2.20. The molecule has 0 bridgehead atoms. The average molecular weight is 340 g/mol. The molecule has 0 aliphatic carbocycles. The molecular weight excluding hydrogens is 312 g/mol. The Balaban J connectivity index is 1.27. The first kappa shape index (κ1) is 17.9. The Morgan fingerprint density at radius 1 is 1.08 bits per heavy atom. The maximum atomic E-state index is 11.4. The van der Waals surface area contributed by atoms with Gasteiger partial charge in [0.25, 0.3) is 0 Å². The van der Waals surface area contributed by atoms with Crippen molar-refractivity contribution in [2.75, 3.05) is 26.2 Å². The molecule has 1 aliphatic heterocycles. The molecule has 0 radical (unpaired) electrons. The molecule has 1 aromatic carbocycles. The van der Waals surface area contributed by atoms with Crippen molar-refractivity contribution in [3.8, 4) is 0 Å². The number of nitrogens with one attached hydrogen (secondary N) is 1. The van der Waals surface area contributed by atoms with Gasteiger partial charge in [0.2, 0.25) is 5.56 Å². The molecule has 1 aliphatic rings. The number of benzene rings is 1. The highest BCUT2D eigenvalue weighted by atomic mass is 16.5. The standard InChI is InChI=1S/C21H28N2O2/c24-21-16-20(8-11-22-21)19-9-13-23(14-10-19)12-4-5-15-25-17-18-6-2-1-3-7-18/h1-3,6-8,11,16,19H,4-5,9-10,12-15,17H2,(H,22,24). The number of ether oxygens (including phenoxy) is 1. The van der Waals surface area contributed by atoms with Gasteiger partial charge in [-0.3, -0.25) is 4.79 Å². The van der Waals surface area contributed by atoms with Crippen molar-refractivity contribution in [3.05, 3.63) is 70.1 Å². The van der Waals surface area contributed by atoms with Crippen LogP contribution in [0.3, 0.4) is 0 Å². The van der Waals surface area contributed by atoms with Crippen LogP contribution in [0.25, 0.3) is 0 Å². The number of H-pyrrole nitrogens is 1. The van der Waals surface area contributed by atoms with Crippen molar-refractivity contribution in [1.29, 1.82) is 0 Å². The van der Waals surface area contributed by atoms with Gasteiger partial charge in [-0.05, 0) is 68.4 Å². The van der Waals surface area contributed by atoms with E-state index >= 15 is 0 Å². The lowest BCUT2D eigenvalue weighted by Crippen LogP contribution is -2.34. The minimum Gasteiger partial charge on any atom is -0.377 e. The van der Waals surface area contributed by atoms with Crippen LogP contribution in [0.1, 0.15) is 42.7 Å². The van der Waals surface area contributed by atoms with Crippen LogP contribution in [0.15, 0.2) is 53.5 Å². The van der Waals surface area contributed by atoms with E-state index in [2.05, 4.69) is 22.0 Å². The Labute approximate surface area is 149 Å². The second-order valence-corrected chi connectivity index (χ2v) is 6.85. The molecule has 3 rings (SSSR count). The third-order valence-corrected chi connectivity index (χ3v) is 4.98. The molecule has 4 heteroatoms. The molecule has 0 amide bonds. The largest absolute Gasteiger partial charge is 0.377 e. The van der Waals surface area contributed by atoms with Crippen LogP contribution < -0.4 is 5.56 Å². The fraction of sp³-hybridized carbons (Fsp3) is 0.476. The molecule has 0 spiro atoms. The summed E-state index contributed by atoms with van der Waals surface area (Å²) in [6.45, 7) is 4.95. The molecule has 1 saturated heterocycles. The van der Waals surface area contributed by atoms with Crippen molar-refractivity contribution >= 4 is 0 Å². The zero-order valence-corrected chi connectivity index (χ0v) is 14.8. The lowest BCUT2D eigenvalue weighted by atomic mass is 9.90. The van der Waals surface area contributed by atoms with E-state index in [1.807, 2.05) is 24.3 Å². The molecule has 1 N–H and O–H groups in total. The predicted molar refractivity (Wildman–Crippen MR) is 101 cm³/mol. The fourth-order valence-corrected chi connectivity index (χ4v) is 3.51. The average Bonchev–Trinajstić information content (AvgIpc) is 2.66. The minimum atomic E-state index is 0.00966. The lowest BCUT2D eigenvalue weighted by molar-refractivity contribution is 0.112. The summed E-state index contributed by atoms with van der Waals surface area (Å²) in [6.07, 6.45) is 6.35. The highest BCUT2D eigenvalue weighted by molar-refractivity contribution is 5.16. The molecule has 2 heterocycles. The minimum absolute atomic E-state index is 0.00966. The first-order valence-corrected chi connectivity index (χ1v) is 9.34. The van der Waals surface area contributed by atoms with Crippen molar-refractivity contribution in [3.63, 3.8) is 0 Å². The third-order valence-electron chi connectivity index (χ3n) is 4.98. The van der Waals surface area contributed by atoms with Crippen LogP contribution in [-0.4, -0.2) is 36.1 Å². The van der Waals surface area contributed by atoms with Gasteiger partial charge in [0.05, 0.1) is 6.61 Å². The van der Waals surface area contributed by atoms with E-state index in [0.29, 0.717) is 12.5 Å². The van der Waals surface area contributed by atoms with Gasteiger partial charge in [0.1, 0.15) is 0 Å². The second kappa shape index (κ2) is 9.54. The molecule has 4 nitrogen and oxygen atoms in total. The van der Waals surface area contributed by atoms with E-state index in [-0.39, 0.29) is 5.56 Å². The summed E-state index contributed by atoms with van der Waals surface area (Å²) < 4.78 is 5.74. The number of aromatic amines is 1. The van der Waals surface area contributed by atoms with Crippen molar-refractivity contribution in [2.45, 2.75) is 38.2 Å². The Hall–Kier alpha value is -1.91. The van der Waals surface area contributed by atoms with E-state index in [0.717, 1.165) is 45.5 Å². The number of likely N-dealkylation sites (tertiary alicyclic amines) is 1. The Morgan fingerprint density at radius 2 is 1.88 bits per heavy atom. The van der Waals surface area contributed by atoms with Gasteiger partial charge in [0, 0.05) is 18.9 Å². The number of nitrogens with zero attached hydrogens (tertiary/aromatic N) is 1. The van der Waals surface area contributed by atoms with Crippen molar-refractivity contribution in [2.24, 2.45) is 0 Å². The van der Waals surface area contributed by atoms with Gasteiger partial charge < -0.3 is 14.6 Å². The molecular formula is C21H28N2O2. The topological polar surface area (TPSA) is 45.3 Å². The summed E-state index contributed by atoms with van der Waals surface area (Å²) in [5.41, 5.74) is 2.44. The van der Waals surface area contributed by atoms with Crippen LogP contribution in [-0.2, 0) is 11.3 Å². The highest BCUT2D eigenvalue weighted by Crippen LogP contribution is 2.26. The number of hydrogen-bond acceptors (Lipinski definition) is 3. The smallest absolute Gasteiger partial charge is 0.248 e. The van der Waals surface area contributed by atoms with Crippen LogP contribution in [0, 0.1) is 0 Å². The van der Waals surface area contributed by atoms with Crippen LogP contribution >= 0.6 is 0 Å². The number of rotatable bonds is 8. The Bertz CT molecular complexity index is 676. The predicted octanol–water partition coefficient (Wildman–Crippen LogP) is 3.55. The molecule has 0 unspecified atom stereocenters. The van der Waals surface area contributed by atoms with E-state index < -0.39 is 0 Å². The zero-order valence-electron chi connectivity index (χ0n) is 14.8. The van der Waals surface area contributed by atoms with Crippen LogP contribution in [0.4, 0.5) is 0 Å². The normalized spacial score (nSPS) is 16.2. The van der Waals surface area contributed by atoms with Crippen LogP contribution in [0.5, 0.6) is 0 Å². The number of hydrogen-bond donors (Lipinski definition) is 1. The lowest BCUT2D eigenvalue weighted by Gasteiger charge is -2.32. The Morgan fingerprint density at radius 3 is 2.64 bits per heavy atom. The van der Waals surface area contributed by atoms with E-state index in [4.69, 9.17) is 4.74 Å². The van der Waals surface area contributed by atoms with Crippen molar-refractivity contribution in [1.82, 2.24) is 9.88 Å². The van der Waals surface area contributed by atoms with Crippen LogP contribution in [0.2, 0.25) is 0 Å². The maximum Gasteiger partial charge on any atom is 0.248 e. The number of unbranched alkanes of at least 4 members (excludes halogenated alkanes) is 1. The number of piperidine rings is 1. The fourth-order valence-electron chi connectivity index (χ4n) is 3.51. The molecule has 1 aromatic heterocycles. The summed E-state index contributed by atoms with van der Waals surface area (Å²) in [5, 5.41) is 0. The zero-order chi connectivity index (χ0) is 17.3. The summed E-state index contributed by atoms with van der Waals surface area (Å²) in [5.74, 6) is 0.535. The maximum absolute atomic E-state index is 11.4. The summed E-state index contributed by atoms with van der Waals surface area (Å²) in [6, 6.07) is 14.1. The molecule has 1 fully saturated rings. The number of aromatic nitrogens is 1. The second-order valence-electron chi connectivity index (χ2n) is 6.85. The van der Waals surface area contributed by atoms with Gasteiger partial charge in [0.15, 0.2) is 0 Å². The number of pyridine rings is 1. The molecule has 2 aromatic rings. The quantitative estimate of drug-likeness (QED) is 0.748. The summed E-state index contributed by atoms with van der Waals surface area (Å²) in [4.78, 5) is 16.7. The Kier molecular flexibility index (Phi) is 6.83. The summed E-state index contributed by atoms with van der Waals surface area (Å²) in [7, 11) is 0. The third kappa shape index (κ3) is 5.83. The summed E-state index contributed by atoms with van der Waals surface area (Å²) >= 11 is 0. The van der Waals surface area contributed by atoms with Gasteiger partial charge in [-0.2, -0.15) is 0 Å². The van der Waals surface area contributed by atoms with Crippen molar-refractivity contribution < 1.29 is 4.74 Å². The van der Waals surface area contributed by atoms with E-state index in [9.17, 15) is 4.79 Å².